The Kier molecular flexibility index (Phi) is 5.38. The van der Waals surface area contributed by atoms with Gasteiger partial charge in [0.1, 0.15) is 6.54 Å². The summed E-state index contributed by atoms with van der Waals surface area (Å²) in [5, 5.41) is 3.11. The Morgan fingerprint density at radius 1 is 1.44 bits per heavy atom. The minimum Gasteiger partial charge on any atom is -0.313 e. The molecule has 0 aromatic carbocycles. The molecule has 1 heterocycles. The van der Waals surface area contributed by atoms with Crippen LogP contribution in [0.3, 0.4) is 0 Å². The summed E-state index contributed by atoms with van der Waals surface area (Å²) in [6.07, 6.45) is -2.75. The maximum Gasteiger partial charge on any atom is 0.402 e. The molecule has 1 aliphatic rings. The first kappa shape index (κ1) is 15.7. The number of nitrogens with one attached hydrogen (secondary N) is 2. The number of hydrogen-bond acceptors (Lipinski definition) is 3. The van der Waals surface area contributed by atoms with E-state index < -0.39 is 22.9 Å². The van der Waals surface area contributed by atoms with Gasteiger partial charge in [-0.2, -0.15) is 30.6 Å². The lowest BCUT2D eigenvalue weighted by Gasteiger charge is -2.24. The predicted molar refractivity (Wildman–Crippen MR) is 61.2 cm³/mol. The molecule has 0 aliphatic carbocycles. The van der Waals surface area contributed by atoms with Crippen LogP contribution in [0.25, 0.3) is 0 Å². The zero-order chi connectivity index (χ0) is 13.8. The summed E-state index contributed by atoms with van der Waals surface area (Å²) in [6.45, 7) is 1.22. The molecule has 18 heavy (non-hydrogen) atoms. The van der Waals surface area contributed by atoms with Crippen LogP contribution in [-0.4, -0.2) is 51.1 Å². The van der Waals surface area contributed by atoms with Gasteiger partial charge in [0.2, 0.25) is 0 Å². The highest BCUT2D eigenvalue weighted by atomic mass is 32.2. The molecule has 0 bridgehead atoms. The minimum absolute atomic E-state index is 0.0208. The molecule has 1 rings (SSSR count). The van der Waals surface area contributed by atoms with Crippen LogP contribution in [0.2, 0.25) is 0 Å². The van der Waals surface area contributed by atoms with Crippen molar-refractivity contribution in [3.05, 3.63) is 0 Å². The van der Waals surface area contributed by atoms with Crippen LogP contribution in [0.1, 0.15) is 19.8 Å². The smallest absolute Gasteiger partial charge is 0.313 e. The minimum atomic E-state index is -4.54. The molecule has 2 N–H and O–H groups in total. The molecule has 0 spiro atoms. The summed E-state index contributed by atoms with van der Waals surface area (Å²) in [5.41, 5.74) is 0. The van der Waals surface area contributed by atoms with Crippen molar-refractivity contribution in [3.8, 4) is 0 Å². The zero-order valence-corrected chi connectivity index (χ0v) is 10.9. The van der Waals surface area contributed by atoms with Crippen LogP contribution in [0, 0.1) is 0 Å². The highest BCUT2D eigenvalue weighted by molar-refractivity contribution is 7.87. The zero-order valence-electron chi connectivity index (χ0n) is 10.1. The highest BCUT2D eigenvalue weighted by Crippen LogP contribution is 2.14. The first-order valence-electron chi connectivity index (χ1n) is 5.79. The second kappa shape index (κ2) is 6.18. The fourth-order valence-electron chi connectivity index (χ4n) is 1.82. The largest absolute Gasteiger partial charge is 0.402 e. The Labute approximate surface area is 105 Å². The van der Waals surface area contributed by atoms with Gasteiger partial charge in [0.05, 0.1) is 0 Å². The summed E-state index contributed by atoms with van der Waals surface area (Å²) in [6, 6.07) is 0.0208. The summed E-state index contributed by atoms with van der Waals surface area (Å²) in [5.74, 6) is 0. The van der Waals surface area contributed by atoms with Gasteiger partial charge in [0.25, 0.3) is 10.2 Å². The molecular formula is C9H18F3N3O2S. The van der Waals surface area contributed by atoms with Crippen LogP contribution in [0.15, 0.2) is 0 Å². The third-order valence-corrected chi connectivity index (χ3v) is 4.33. The second-order valence-corrected chi connectivity index (χ2v) is 5.94. The molecule has 1 fully saturated rings. The number of nitrogens with zero attached hydrogens (tertiary/aromatic N) is 1. The van der Waals surface area contributed by atoms with Crippen LogP contribution in [-0.2, 0) is 10.2 Å². The van der Waals surface area contributed by atoms with E-state index in [0.29, 0.717) is 0 Å². The molecule has 0 aromatic rings. The predicted octanol–water partition coefficient (Wildman–Crippen LogP) is 0.457. The maximum absolute atomic E-state index is 12.0. The van der Waals surface area contributed by atoms with E-state index in [0.717, 1.165) is 23.7 Å². The first-order valence-corrected chi connectivity index (χ1v) is 7.23. The van der Waals surface area contributed by atoms with Crippen LogP contribution >= 0.6 is 0 Å². The van der Waals surface area contributed by atoms with Crippen molar-refractivity contribution in [3.63, 3.8) is 0 Å². The molecule has 1 saturated heterocycles. The monoisotopic (exact) mass is 289 g/mol. The lowest BCUT2D eigenvalue weighted by Crippen LogP contribution is -2.48. The van der Waals surface area contributed by atoms with E-state index in [1.54, 1.807) is 11.6 Å². The molecule has 0 amide bonds. The van der Waals surface area contributed by atoms with Crippen LogP contribution < -0.4 is 10.0 Å². The Balaban J connectivity index is 2.56. The van der Waals surface area contributed by atoms with Crippen molar-refractivity contribution in [2.75, 3.05) is 26.2 Å². The van der Waals surface area contributed by atoms with E-state index >= 15 is 0 Å². The molecule has 1 unspecified atom stereocenters. The first-order chi connectivity index (χ1) is 8.24. The molecule has 0 aromatic heterocycles. The van der Waals surface area contributed by atoms with Gasteiger partial charge in [0, 0.05) is 19.1 Å². The second-order valence-electron chi connectivity index (χ2n) is 4.19. The fraction of sp³-hybridized carbons (Fsp3) is 1.00. The average Bonchev–Trinajstić information content (AvgIpc) is 2.75. The Morgan fingerprint density at radius 3 is 2.56 bits per heavy atom. The average molecular weight is 289 g/mol. The van der Waals surface area contributed by atoms with Crippen LogP contribution in [0.4, 0.5) is 13.2 Å². The van der Waals surface area contributed by atoms with E-state index in [4.69, 9.17) is 0 Å². The van der Waals surface area contributed by atoms with Gasteiger partial charge in [-0.15, -0.1) is 0 Å². The van der Waals surface area contributed by atoms with E-state index in [1.807, 2.05) is 0 Å². The highest BCUT2D eigenvalue weighted by Gasteiger charge is 2.32. The van der Waals surface area contributed by atoms with E-state index in [9.17, 15) is 21.6 Å². The standard InChI is InChI=1S/C9H18F3N3O2S/c1-2-15(6-8-4-3-5-13-8)18(16,17)14-7-9(10,11)12/h8,13-14H,2-7H2,1H3. The van der Waals surface area contributed by atoms with Crippen LogP contribution in [0.5, 0.6) is 0 Å². The maximum atomic E-state index is 12.0. The third-order valence-electron chi connectivity index (χ3n) is 2.73. The van der Waals surface area contributed by atoms with Crippen molar-refractivity contribution in [2.24, 2.45) is 0 Å². The van der Waals surface area contributed by atoms with Crippen molar-refractivity contribution >= 4 is 10.2 Å². The topological polar surface area (TPSA) is 61.4 Å². The van der Waals surface area contributed by atoms with Gasteiger partial charge in [0.15, 0.2) is 0 Å². The quantitative estimate of drug-likeness (QED) is 0.746. The van der Waals surface area contributed by atoms with Gasteiger partial charge in [-0.25, -0.2) is 0 Å². The lowest BCUT2D eigenvalue weighted by molar-refractivity contribution is -0.121. The number of rotatable bonds is 6. The van der Waals surface area contributed by atoms with Gasteiger partial charge < -0.3 is 5.32 Å². The fourth-order valence-corrected chi connectivity index (χ4v) is 3.06. The Bertz CT molecular complexity index is 353. The molecule has 0 radical (unpaired) electrons. The number of hydrogen-bond donors (Lipinski definition) is 2. The van der Waals surface area contributed by atoms with E-state index in [1.165, 1.54) is 0 Å². The molecule has 0 saturated carbocycles. The van der Waals surface area contributed by atoms with Gasteiger partial charge in [-0.05, 0) is 19.4 Å². The normalized spacial score (nSPS) is 21.7. The molecule has 1 aliphatic heterocycles. The summed E-state index contributed by atoms with van der Waals surface area (Å²) < 4.78 is 62.0. The van der Waals surface area contributed by atoms with E-state index in [-0.39, 0.29) is 19.1 Å². The number of likely N-dealkylation sites (N-methyl/N-ethyl adjacent to an activating group) is 1. The van der Waals surface area contributed by atoms with Gasteiger partial charge in [-0.1, -0.05) is 6.92 Å². The summed E-state index contributed by atoms with van der Waals surface area (Å²) in [4.78, 5) is 0. The molecule has 9 heteroatoms. The van der Waals surface area contributed by atoms with Crippen molar-refractivity contribution in [1.82, 2.24) is 14.3 Å². The summed E-state index contributed by atoms with van der Waals surface area (Å²) >= 11 is 0. The number of alkyl halides is 3. The van der Waals surface area contributed by atoms with E-state index in [2.05, 4.69) is 5.32 Å². The van der Waals surface area contributed by atoms with Crippen molar-refractivity contribution in [1.29, 1.82) is 0 Å². The van der Waals surface area contributed by atoms with Gasteiger partial charge in [-0.3, -0.25) is 0 Å². The molecular weight excluding hydrogens is 271 g/mol. The Morgan fingerprint density at radius 2 is 2.11 bits per heavy atom. The van der Waals surface area contributed by atoms with Gasteiger partial charge >= 0.3 is 6.18 Å². The molecule has 108 valence electrons. The SMILES string of the molecule is CCN(CC1CCCN1)S(=O)(=O)NCC(F)(F)F. The van der Waals surface area contributed by atoms with Crippen molar-refractivity contribution < 1.29 is 21.6 Å². The molecule has 5 nitrogen and oxygen atoms in total. The third kappa shape index (κ3) is 5.09. The molecule has 1 atom stereocenters. The van der Waals surface area contributed by atoms with Crippen molar-refractivity contribution in [2.45, 2.75) is 32.0 Å². The summed E-state index contributed by atoms with van der Waals surface area (Å²) in [7, 11) is -4.07. The Hall–Kier alpha value is -0.380. The number of halogens is 3. The lowest BCUT2D eigenvalue weighted by atomic mass is 10.2.